The van der Waals surface area contributed by atoms with Gasteiger partial charge in [0.2, 0.25) is 5.91 Å². The summed E-state index contributed by atoms with van der Waals surface area (Å²) in [5.41, 5.74) is 0.606. The third-order valence-corrected chi connectivity index (χ3v) is 5.15. The van der Waals surface area contributed by atoms with E-state index in [1.54, 1.807) is 36.4 Å². The summed E-state index contributed by atoms with van der Waals surface area (Å²) in [5.74, 6) is 1.07. The molecule has 1 aliphatic rings. The number of carbonyl (C=O) groups is 2. The van der Waals surface area contributed by atoms with Gasteiger partial charge in [-0.2, -0.15) is 0 Å². The van der Waals surface area contributed by atoms with E-state index in [-0.39, 0.29) is 11.8 Å². The largest absolute Gasteiger partial charge is 0.497 e. The van der Waals surface area contributed by atoms with Crippen LogP contribution < -0.4 is 4.74 Å². The molecule has 3 rings (SSSR count). The number of rotatable bonds is 5. The van der Waals surface area contributed by atoms with Crippen molar-refractivity contribution < 1.29 is 14.3 Å². The number of thioether (sulfide) groups is 1. The molecule has 1 aromatic carbocycles. The fourth-order valence-corrected chi connectivity index (χ4v) is 3.52. The van der Waals surface area contributed by atoms with Gasteiger partial charge in [0.1, 0.15) is 5.75 Å². The number of pyridine rings is 1. The molecule has 2 aromatic rings. The average Bonchev–Trinajstić information content (AvgIpc) is 2.72. The topological polar surface area (TPSA) is 62.7 Å². The number of hydrogen-bond acceptors (Lipinski definition) is 5. The molecule has 1 fully saturated rings. The van der Waals surface area contributed by atoms with Gasteiger partial charge >= 0.3 is 0 Å². The van der Waals surface area contributed by atoms with Gasteiger partial charge in [0, 0.05) is 37.9 Å². The van der Waals surface area contributed by atoms with Gasteiger partial charge in [-0.15, -0.1) is 0 Å². The Bertz CT molecular complexity index is 762. The molecule has 0 radical (unpaired) electrons. The fraction of sp³-hybridized carbons (Fsp3) is 0.316. The van der Waals surface area contributed by atoms with Crippen LogP contribution in [0.3, 0.4) is 0 Å². The van der Waals surface area contributed by atoms with Crippen LogP contribution in [0.5, 0.6) is 5.75 Å². The van der Waals surface area contributed by atoms with Crippen molar-refractivity contribution in [1.82, 2.24) is 14.8 Å². The molecular formula is C19H21N3O3S. The minimum absolute atomic E-state index is 0.0288. The summed E-state index contributed by atoms with van der Waals surface area (Å²) in [6.45, 7) is 2.18. The zero-order valence-corrected chi connectivity index (χ0v) is 15.4. The van der Waals surface area contributed by atoms with Crippen molar-refractivity contribution in [3.8, 4) is 5.75 Å². The Kier molecular flexibility index (Phi) is 6.12. The molecule has 1 aromatic heterocycles. The Morgan fingerprint density at radius 2 is 1.85 bits per heavy atom. The second-order valence-electron chi connectivity index (χ2n) is 5.86. The molecular weight excluding hydrogens is 350 g/mol. The third kappa shape index (κ3) is 4.54. The van der Waals surface area contributed by atoms with Crippen LogP contribution in [0.15, 0.2) is 53.7 Å². The third-order valence-electron chi connectivity index (χ3n) is 4.22. The Hall–Kier alpha value is -2.54. The molecule has 0 N–H and O–H groups in total. The standard InChI is InChI=1S/C19H21N3O3S/c1-25-16-6-4-5-15(13-16)19(24)22-11-9-21(10-12-22)18(23)14-26-17-7-2-3-8-20-17/h2-8,13H,9-12,14H2,1H3. The second-order valence-corrected chi connectivity index (χ2v) is 6.86. The van der Waals surface area contributed by atoms with E-state index in [2.05, 4.69) is 4.98 Å². The number of benzene rings is 1. The highest BCUT2D eigenvalue weighted by atomic mass is 32.2. The van der Waals surface area contributed by atoms with Crippen LogP contribution in [-0.4, -0.2) is 65.6 Å². The first-order valence-corrected chi connectivity index (χ1v) is 9.41. The van der Waals surface area contributed by atoms with Gasteiger partial charge in [0.05, 0.1) is 17.9 Å². The smallest absolute Gasteiger partial charge is 0.254 e. The van der Waals surface area contributed by atoms with E-state index in [0.717, 1.165) is 5.03 Å². The van der Waals surface area contributed by atoms with E-state index in [1.807, 2.05) is 29.2 Å². The van der Waals surface area contributed by atoms with Gasteiger partial charge in [0.15, 0.2) is 0 Å². The normalized spacial score (nSPS) is 14.2. The minimum atomic E-state index is -0.0288. The number of nitrogens with zero attached hydrogens (tertiary/aromatic N) is 3. The SMILES string of the molecule is COc1cccc(C(=O)N2CCN(C(=O)CSc3ccccn3)CC2)c1. The summed E-state index contributed by atoms with van der Waals surface area (Å²) in [5, 5.41) is 0.840. The zero-order chi connectivity index (χ0) is 18.4. The highest BCUT2D eigenvalue weighted by Gasteiger charge is 2.25. The number of aromatic nitrogens is 1. The molecule has 0 atom stereocenters. The number of hydrogen-bond donors (Lipinski definition) is 0. The molecule has 0 bridgehead atoms. The lowest BCUT2D eigenvalue weighted by Crippen LogP contribution is -2.51. The van der Waals surface area contributed by atoms with Gasteiger partial charge in [0.25, 0.3) is 5.91 Å². The summed E-state index contributed by atoms with van der Waals surface area (Å²) in [7, 11) is 1.58. The number of piperazine rings is 1. The van der Waals surface area contributed by atoms with Crippen molar-refractivity contribution in [3.63, 3.8) is 0 Å². The maximum atomic E-state index is 12.6. The van der Waals surface area contributed by atoms with E-state index in [9.17, 15) is 9.59 Å². The Morgan fingerprint density at radius 1 is 1.08 bits per heavy atom. The lowest BCUT2D eigenvalue weighted by atomic mass is 10.1. The Labute approximate surface area is 157 Å². The average molecular weight is 371 g/mol. The van der Waals surface area contributed by atoms with E-state index in [4.69, 9.17) is 4.74 Å². The van der Waals surface area contributed by atoms with E-state index in [1.165, 1.54) is 11.8 Å². The van der Waals surface area contributed by atoms with E-state index in [0.29, 0.717) is 43.2 Å². The Balaban J connectivity index is 1.50. The molecule has 26 heavy (non-hydrogen) atoms. The maximum absolute atomic E-state index is 12.6. The van der Waals surface area contributed by atoms with Crippen LogP contribution >= 0.6 is 11.8 Å². The summed E-state index contributed by atoms with van der Waals surface area (Å²) in [6.07, 6.45) is 1.72. The molecule has 136 valence electrons. The molecule has 2 heterocycles. The first kappa shape index (κ1) is 18.3. The number of carbonyl (C=O) groups excluding carboxylic acids is 2. The van der Waals surface area contributed by atoms with Crippen molar-refractivity contribution in [2.75, 3.05) is 39.0 Å². The maximum Gasteiger partial charge on any atom is 0.254 e. The molecule has 0 unspecified atom stereocenters. The lowest BCUT2D eigenvalue weighted by Gasteiger charge is -2.34. The van der Waals surface area contributed by atoms with Gasteiger partial charge in [-0.05, 0) is 30.3 Å². The van der Waals surface area contributed by atoms with Crippen LogP contribution in [0, 0.1) is 0 Å². The van der Waals surface area contributed by atoms with Crippen LogP contribution in [0.4, 0.5) is 0 Å². The lowest BCUT2D eigenvalue weighted by molar-refractivity contribution is -0.129. The molecule has 1 saturated heterocycles. The molecule has 1 aliphatic heterocycles. The molecule has 2 amide bonds. The monoisotopic (exact) mass is 371 g/mol. The van der Waals surface area contributed by atoms with Crippen molar-refractivity contribution in [2.45, 2.75) is 5.03 Å². The van der Waals surface area contributed by atoms with Crippen molar-refractivity contribution in [1.29, 1.82) is 0 Å². The van der Waals surface area contributed by atoms with Crippen LogP contribution in [0.1, 0.15) is 10.4 Å². The summed E-state index contributed by atoms with van der Waals surface area (Å²) >= 11 is 1.43. The highest BCUT2D eigenvalue weighted by Crippen LogP contribution is 2.17. The van der Waals surface area contributed by atoms with Gasteiger partial charge in [-0.1, -0.05) is 23.9 Å². The number of ether oxygens (including phenoxy) is 1. The summed E-state index contributed by atoms with van der Waals surface area (Å²) in [6, 6.07) is 12.8. The van der Waals surface area contributed by atoms with Crippen LogP contribution in [0.2, 0.25) is 0 Å². The summed E-state index contributed by atoms with van der Waals surface area (Å²) < 4.78 is 5.17. The molecule has 0 aliphatic carbocycles. The van der Waals surface area contributed by atoms with Gasteiger partial charge in [-0.3, -0.25) is 9.59 Å². The summed E-state index contributed by atoms with van der Waals surface area (Å²) in [4.78, 5) is 32.8. The first-order chi connectivity index (χ1) is 12.7. The minimum Gasteiger partial charge on any atom is -0.497 e. The zero-order valence-electron chi connectivity index (χ0n) is 14.6. The van der Waals surface area contributed by atoms with Gasteiger partial charge < -0.3 is 14.5 Å². The quantitative estimate of drug-likeness (QED) is 0.754. The van der Waals surface area contributed by atoms with E-state index >= 15 is 0 Å². The Morgan fingerprint density at radius 3 is 2.54 bits per heavy atom. The number of amides is 2. The van der Waals surface area contributed by atoms with Crippen molar-refractivity contribution >= 4 is 23.6 Å². The predicted molar refractivity (Wildman–Crippen MR) is 100 cm³/mol. The molecule has 6 nitrogen and oxygen atoms in total. The fourth-order valence-electron chi connectivity index (χ4n) is 2.76. The highest BCUT2D eigenvalue weighted by molar-refractivity contribution is 7.99. The first-order valence-electron chi connectivity index (χ1n) is 8.42. The predicted octanol–water partition coefficient (Wildman–Crippen LogP) is 2.17. The van der Waals surface area contributed by atoms with Crippen molar-refractivity contribution in [3.05, 3.63) is 54.2 Å². The van der Waals surface area contributed by atoms with E-state index < -0.39 is 0 Å². The molecule has 0 spiro atoms. The van der Waals surface area contributed by atoms with Crippen LogP contribution in [0.25, 0.3) is 0 Å². The molecule has 7 heteroatoms. The molecule has 0 saturated carbocycles. The number of methoxy groups -OCH3 is 1. The van der Waals surface area contributed by atoms with Crippen molar-refractivity contribution in [2.24, 2.45) is 0 Å². The van der Waals surface area contributed by atoms with Gasteiger partial charge in [-0.25, -0.2) is 4.98 Å². The second kappa shape index (κ2) is 8.71. The van der Waals surface area contributed by atoms with Crippen LogP contribution in [-0.2, 0) is 4.79 Å².